The molecule has 0 aromatic rings. The number of hydrogen-bond acceptors (Lipinski definition) is 2. The van der Waals surface area contributed by atoms with Gasteiger partial charge in [-0.3, -0.25) is 0 Å². The maximum atomic E-state index is 12.3. The van der Waals surface area contributed by atoms with Crippen LogP contribution < -0.4 is 0 Å². The highest BCUT2D eigenvalue weighted by Crippen LogP contribution is 2.24. The summed E-state index contributed by atoms with van der Waals surface area (Å²) in [5, 5.41) is -0.887. The number of rotatable bonds is 2. The van der Waals surface area contributed by atoms with Gasteiger partial charge in [-0.1, -0.05) is 20.8 Å². The summed E-state index contributed by atoms with van der Waals surface area (Å²) < 4.78 is 33.0. The third-order valence-corrected chi connectivity index (χ3v) is 2.51. The first-order valence-electron chi connectivity index (χ1n) is 3.56. The fourth-order valence-corrected chi connectivity index (χ4v) is 1.66. The van der Waals surface area contributed by atoms with E-state index in [0.717, 1.165) is 0 Å². The lowest BCUT2D eigenvalue weighted by Gasteiger charge is -2.20. The van der Waals surface area contributed by atoms with Crippen molar-refractivity contribution in [1.29, 1.82) is 0 Å². The third kappa shape index (κ3) is 5.18. The summed E-state index contributed by atoms with van der Waals surface area (Å²) in [4.78, 5) is 0. The Morgan fingerprint density at radius 2 is 1.73 bits per heavy atom. The van der Waals surface area contributed by atoms with Crippen molar-refractivity contribution in [2.45, 2.75) is 39.4 Å². The van der Waals surface area contributed by atoms with E-state index in [-0.39, 0.29) is 5.41 Å². The van der Waals surface area contributed by atoms with E-state index in [2.05, 4.69) is 0 Å². The van der Waals surface area contributed by atoms with Crippen LogP contribution in [0.5, 0.6) is 0 Å². The molecule has 0 aliphatic carbocycles. The summed E-state index contributed by atoms with van der Waals surface area (Å²) >= 11 is 0. The van der Waals surface area contributed by atoms with Crippen LogP contribution in [0, 0.1) is 5.41 Å². The van der Waals surface area contributed by atoms with Crippen LogP contribution in [0.25, 0.3) is 0 Å². The number of halogens is 1. The van der Waals surface area contributed by atoms with Gasteiger partial charge in [-0.25, -0.2) is 0 Å². The van der Waals surface area contributed by atoms with E-state index in [9.17, 15) is 12.3 Å². The van der Waals surface area contributed by atoms with Gasteiger partial charge in [0.25, 0.3) is 0 Å². The molecule has 0 aromatic carbocycles. The smallest absolute Gasteiger partial charge is 0.195 e. The van der Waals surface area contributed by atoms with Gasteiger partial charge in [0, 0.05) is 0 Å². The predicted octanol–water partition coefficient (Wildman–Crippen LogP) is 2.11. The monoisotopic (exact) mass is 182 g/mol. The average molecular weight is 182 g/mol. The van der Waals surface area contributed by atoms with Gasteiger partial charge in [0.2, 0.25) is 0 Å². The van der Waals surface area contributed by atoms with E-state index >= 15 is 0 Å². The minimum absolute atomic E-state index is 0.140. The van der Waals surface area contributed by atoms with Gasteiger partial charge in [-0.05, 0) is 18.8 Å². The minimum Gasteiger partial charge on any atom is -0.195 e. The molecule has 68 valence electrons. The van der Waals surface area contributed by atoms with Crippen molar-refractivity contribution >= 4 is 10.2 Å². The highest BCUT2D eigenvalue weighted by atomic mass is 32.3. The molecule has 0 radical (unpaired) electrons. The molecule has 0 saturated carbocycles. The zero-order valence-corrected chi connectivity index (χ0v) is 8.20. The van der Waals surface area contributed by atoms with Crippen LogP contribution in [0.15, 0.2) is 0 Å². The molecular weight excluding hydrogens is 167 g/mol. The zero-order valence-electron chi connectivity index (χ0n) is 7.39. The lowest BCUT2D eigenvalue weighted by molar-refractivity contribution is 0.367. The molecule has 0 aliphatic heterocycles. The topological polar surface area (TPSA) is 34.1 Å². The van der Waals surface area contributed by atoms with Crippen LogP contribution in [0.2, 0.25) is 0 Å². The van der Waals surface area contributed by atoms with E-state index in [1.807, 2.05) is 20.8 Å². The van der Waals surface area contributed by atoms with Crippen molar-refractivity contribution in [1.82, 2.24) is 0 Å². The fourth-order valence-electron chi connectivity index (χ4n) is 0.962. The predicted molar refractivity (Wildman–Crippen MR) is 43.6 cm³/mol. The highest BCUT2D eigenvalue weighted by molar-refractivity contribution is 7.86. The third-order valence-electron chi connectivity index (χ3n) is 1.38. The van der Waals surface area contributed by atoms with Crippen LogP contribution in [-0.2, 0) is 10.2 Å². The van der Waals surface area contributed by atoms with E-state index < -0.39 is 15.5 Å². The molecule has 0 N–H and O–H groups in total. The van der Waals surface area contributed by atoms with Crippen molar-refractivity contribution in [3.8, 4) is 0 Å². The van der Waals surface area contributed by atoms with Gasteiger partial charge < -0.3 is 0 Å². The van der Waals surface area contributed by atoms with E-state index in [1.165, 1.54) is 6.92 Å². The molecule has 2 nitrogen and oxygen atoms in total. The first-order valence-corrected chi connectivity index (χ1v) is 5.01. The van der Waals surface area contributed by atoms with Gasteiger partial charge in [0.15, 0.2) is 0 Å². The van der Waals surface area contributed by atoms with Gasteiger partial charge in [-0.2, -0.15) is 8.42 Å². The molecule has 4 heteroatoms. The molecule has 1 atom stereocenters. The summed E-state index contributed by atoms with van der Waals surface area (Å²) in [5.74, 6) is 0. The second-order valence-corrected chi connectivity index (χ2v) is 5.81. The molecule has 0 spiro atoms. The molecular formula is C7H15FO2S. The average Bonchev–Trinajstić information content (AvgIpc) is 1.56. The van der Waals surface area contributed by atoms with E-state index in [4.69, 9.17) is 0 Å². The maximum absolute atomic E-state index is 12.3. The molecule has 0 aromatic heterocycles. The van der Waals surface area contributed by atoms with Crippen LogP contribution in [-0.4, -0.2) is 13.7 Å². The Morgan fingerprint density at radius 1 is 1.36 bits per heavy atom. The molecule has 0 saturated heterocycles. The summed E-state index contributed by atoms with van der Waals surface area (Å²) in [6.45, 7) is 7.04. The van der Waals surface area contributed by atoms with Crippen LogP contribution in [0.4, 0.5) is 3.89 Å². The second-order valence-electron chi connectivity index (χ2n) is 4.05. The molecule has 0 amide bonds. The standard InChI is InChI=1S/C7H15FO2S/c1-6(11(8,9)10)5-7(2,3)4/h6H,5H2,1-4H3. The van der Waals surface area contributed by atoms with Crippen molar-refractivity contribution in [3.05, 3.63) is 0 Å². The molecule has 11 heavy (non-hydrogen) atoms. The van der Waals surface area contributed by atoms with E-state index in [1.54, 1.807) is 0 Å². The SMILES string of the molecule is CC(CC(C)(C)C)S(=O)(=O)F. The Kier molecular flexibility index (Phi) is 3.06. The Morgan fingerprint density at radius 3 is 1.82 bits per heavy atom. The quantitative estimate of drug-likeness (QED) is 0.613. The molecule has 0 heterocycles. The Labute approximate surface area is 68.0 Å². The lowest BCUT2D eigenvalue weighted by Crippen LogP contribution is -2.20. The minimum atomic E-state index is -4.34. The van der Waals surface area contributed by atoms with Crippen molar-refractivity contribution in [3.63, 3.8) is 0 Å². The summed E-state index contributed by atoms with van der Waals surface area (Å²) in [6.07, 6.45) is 0.353. The van der Waals surface area contributed by atoms with Gasteiger partial charge in [0.1, 0.15) is 0 Å². The first kappa shape index (κ1) is 10.9. The van der Waals surface area contributed by atoms with Crippen LogP contribution >= 0.6 is 0 Å². The first-order chi connectivity index (χ1) is 4.63. The summed E-state index contributed by atoms with van der Waals surface area (Å²) in [5.41, 5.74) is -0.140. The maximum Gasteiger partial charge on any atom is 0.305 e. The van der Waals surface area contributed by atoms with Crippen LogP contribution in [0.3, 0.4) is 0 Å². The highest BCUT2D eigenvalue weighted by Gasteiger charge is 2.25. The number of hydrogen-bond donors (Lipinski definition) is 0. The largest absolute Gasteiger partial charge is 0.305 e. The van der Waals surface area contributed by atoms with Crippen molar-refractivity contribution in [2.24, 2.45) is 5.41 Å². The summed E-state index contributed by atoms with van der Waals surface area (Å²) in [7, 11) is -4.34. The fraction of sp³-hybridized carbons (Fsp3) is 1.00. The Balaban J connectivity index is 4.22. The van der Waals surface area contributed by atoms with Crippen LogP contribution in [0.1, 0.15) is 34.1 Å². The molecule has 0 bridgehead atoms. The van der Waals surface area contributed by atoms with Crippen molar-refractivity contribution < 1.29 is 12.3 Å². The van der Waals surface area contributed by atoms with Gasteiger partial charge >= 0.3 is 10.2 Å². The Bertz CT molecular complexity index is 213. The second kappa shape index (κ2) is 3.09. The molecule has 0 rings (SSSR count). The zero-order chi connectivity index (χ0) is 9.28. The van der Waals surface area contributed by atoms with E-state index in [0.29, 0.717) is 6.42 Å². The molecule has 0 aliphatic rings. The lowest BCUT2D eigenvalue weighted by atomic mass is 9.91. The Hall–Kier alpha value is -0.120. The van der Waals surface area contributed by atoms with Gasteiger partial charge in [-0.15, -0.1) is 3.89 Å². The normalized spacial score (nSPS) is 16.5. The summed E-state index contributed by atoms with van der Waals surface area (Å²) in [6, 6.07) is 0. The van der Waals surface area contributed by atoms with Crippen molar-refractivity contribution in [2.75, 3.05) is 0 Å². The molecule has 0 fully saturated rings. The molecule has 1 unspecified atom stereocenters. The van der Waals surface area contributed by atoms with Gasteiger partial charge in [0.05, 0.1) is 5.25 Å².